The van der Waals surface area contributed by atoms with E-state index in [0.29, 0.717) is 6.04 Å². The highest BCUT2D eigenvalue weighted by Crippen LogP contribution is 2.32. The molecule has 13 heavy (non-hydrogen) atoms. The molecule has 0 spiro atoms. The summed E-state index contributed by atoms with van der Waals surface area (Å²) >= 11 is 1.51. The molecule has 2 rings (SSSR count). The van der Waals surface area contributed by atoms with Gasteiger partial charge in [0.05, 0.1) is 10.9 Å². The van der Waals surface area contributed by atoms with Crippen LogP contribution in [0.1, 0.15) is 33.6 Å². The van der Waals surface area contributed by atoms with E-state index < -0.39 is 0 Å². The van der Waals surface area contributed by atoms with Crippen LogP contribution in [0.4, 0.5) is 0 Å². The highest BCUT2D eigenvalue weighted by Gasteiger charge is 2.24. The average molecular weight is 196 g/mol. The number of carbonyl (C=O) groups excluding carboxylic acids is 1. The number of aldehydes is 1. The number of hydrogen-bond acceptors (Lipinski definition) is 4. The minimum Gasteiger partial charge on any atom is -0.297 e. The van der Waals surface area contributed by atoms with Crippen molar-refractivity contribution in [2.24, 2.45) is 0 Å². The molecule has 1 aromatic heterocycles. The maximum atomic E-state index is 10.5. The van der Waals surface area contributed by atoms with Gasteiger partial charge in [-0.25, -0.2) is 4.98 Å². The summed E-state index contributed by atoms with van der Waals surface area (Å²) in [6, 6.07) is 0.443. The van der Waals surface area contributed by atoms with Crippen molar-refractivity contribution in [3.05, 3.63) is 16.1 Å². The first-order valence-electron chi connectivity index (χ1n) is 4.42. The summed E-state index contributed by atoms with van der Waals surface area (Å²) < 4.78 is 0. The molecule has 4 heteroatoms. The summed E-state index contributed by atoms with van der Waals surface area (Å²) in [5.41, 5.74) is 0. The Labute approximate surface area is 81.4 Å². The van der Waals surface area contributed by atoms with Crippen LogP contribution < -0.4 is 0 Å². The van der Waals surface area contributed by atoms with Crippen LogP contribution in [0, 0.1) is 0 Å². The molecule has 1 fully saturated rings. The fraction of sp³-hybridized carbons (Fsp3) is 0.556. The first-order valence-corrected chi connectivity index (χ1v) is 5.24. The number of nitrogens with zero attached hydrogens (tertiary/aromatic N) is 2. The highest BCUT2D eigenvalue weighted by molar-refractivity contribution is 7.13. The summed E-state index contributed by atoms with van der Waals surface area (Å²) in [7, 11) is 2.11. The number of likely N-dealkylation sites (tertiary alicyclic amines) is 1. The van der Waals surface area contributed by atoms with Crippen LogP contribution in [-0.2, 0) is 0 Å². The van der Waals surface area contributed by atoms with E-state index in [1.807, 2.05) is 0 Å². The first kappa shape index (κ1) is 8.84. The Balaban J connectivity index is 2.19. The summed E-state index contributed by atoms with van der Waals surface area (Å²) in [4.78, 5) is 17.8. The third kappa shape index (κ3) is 1.64. The molecule has 0 amide bonds. The van der Waals surface area contributed by atoms with Gasteiger partial charge in [-0.2, -0.15) is 0 Å². The second-order valence-electron chi connectivity index (χ2n) is 3.36. The molecule has 1 atom stereocenters. The van der Waals surface area contributed by atoms with Gasteiger partial charge >= 0.3 is 0 Å². The van der Waals surface area contributed by atoms with Crippen LogP contribution in [0.3, 0.4) is 0 Å². The maximum Gasteiger partial charge on any atom is 0.161 e. The Kier molecular flexibility index (Phi) is 2.42. The summed E-state index contributed by atoms with van der Waals surface area (Å²) in [5.74, 6) is 0. The predicted molar refractivity (Wildman–Crippen MR) is 52.1 cm³/mol. The van der Waals surface area contributed by atoms with Gasteiger partial charge in [0, 0.05) is 6.20 Å². The highest BCUT2D eigenvalue weighted by atomic mass is 32.1. The van der Waals surface area contributed by atoms with Gasteiger partial charge in [0.2, 0.25) is 0 Å². The van der Waals surface area contributed by atoms with E-state index in [4.69, 9.17) is 0 Å². The Morgan fingerprint density at radius 1 is 1.77 bits per heavy atom. The monoisotopic (exact) mass is 196 g/mol. The Morgan fingerprint density at radius 2 is 2.62 bits per heavy atom. The van der Waals surface area contributed by atoms with Gasteiger partial charge < -0.3 is 0 Å². The fourth-order valence-electron chi connectivity index (χ4n) is 1.73. The normalized spacial score (nSPS) is 23.6. The van der Waals surface area contributed by atoms with Crippen LogP contribution in [0.2, 0.25) is 0 Å². The van der Waals surface area contributed by atoms with E-state index >= 15 is 0 Å². The van der Waals surface area contributed by atoms with Crippen molar-refractivity contribution in [2.75, 3.05) is 13.6 Å². The van der Waals surface area contributed by atoms with Crippen molar-refractivity contribution in [3.8, 4) is 0 Å². The predicted octanol–water partition coefficient (Wildman–Crippen LogP) is 1.72. The molecule has 2 heterocycles. The minimum atomic E-state index is 0.443. The molecule has 1 aromatic rings. The van der Waals surface area contributed by atoms with E-state index in [0.717, 1.165) is 22.7 Å². The zero-order valence-electron chi connectivity index (χ0n) is 7.56. The quantitative estimate of drug-likeness (QED) is 0.675. The molecule has 0 aromatic carbocycles. The third-order valence-electron chi connectivity index (χ3n) is 2.46. The lowest BCUT2D eigenvalue weighted by Gasteiger charge is -2.15. The number of hydrogen-bond donors (Lipinski definition) is 0. The molecule has 0 radical (unpaired) electrons. The zero-order valence-corrected chi connectivity index (χ0v) is 8.38. The molecular weight excluding hydrogens is 184 g/mol. The van der Waals surface area contributed by atoms with Gasteiger partial charge in [0.25, 0.3) is 0 Å². The number of rotatable bonds is 2. The second-order valence-corrected chi connectivity index (χ2v) is 4.45. The summed E-state index contributed by atoms with van der Waals surface area (Å²) in [5, 5.41) is 1.09. The van der Waals surface area contributed by atoms with Crippen LogP contribution in [0.25, 0.3) is 0 Å². The molecule has 1 aliphatic rings. The zero-order chi connectivity index (χ0) is 9.26. The van der Waals surface area contributed by atoms with E-state index in [1.165, 1.54) is 24.2 Å². The topological polar surface area (TPSA) is 33.2 Å². The SMILES string of the molecule is CN1CCCC1c1ncc(C=O)s1. The van der Waals surface area contributed by atoms with Crippen LogP contribution >= 0.6 is 11.3 Å². The molecule has 1 aliphatic heterocycles. The van der Waals surface area contributed by atoms with E-state index in [1.54, 1.807) is 6.20 Å². The van der Waals surface area contributed by atoms with Crippen molar-refractivity contribution in [3.63, 3.8) is 0 Å². The van der Waals surface area contributed by atoms with Crippen LogP contribution in [0.5, 0.6) is 0 Å². The molecular formula is C9H12N2OS. The van der Waals surface area contributed by atoms with E-state index in [2.05, 4.69) is 16.9 Å². The third-order valence-corrected chi connectivity index (χ3v) is 3.49. The fourth-order valence-corrected chi connectivity index (χ4v) is 2.67. The molecule has 70 valence electrons. The molecule has 0 aliphatic carbocycles. The Bertz CT molecular complexity index is 310. The Hall–Kier alpha value is -0.740. The summed E-state index contributed by atoms with van der Waals surface area (Å²) in [6.45, 7) is 1.14. The molecule has 0 bridgehead atoms. The number of aromatic nitrogens is 1. The number of carbonyl (C=O) groups is 1. The van der Waals surface area contributed by atoms with Gasteiger partial charge in [-0.1, -0.05) is 0 Å². The van der Waals surface area contributed by atoms with Gasteiger partial charge in [-0.05, 0) is 26.4 Å². The van der Waals surface area contributed by atoms with E-state index in [-0.39, 0.29) is 0 Å². The van der Waals surface area contributed by atoms with Crippen molar-refractivity contribution < 1.29 is 4.79 Å². The molecule has 3 nitrogen and oxygen atoms in total. The Morgan fingerprint density at radius 3 is 3.15 bits per heavy atom. The molecule has 1 saturated heterocycles. The lowest BCUT2D eigenvalue weighted by molar-refractivity contribution is 0.112. The molecule has 0 N–H and O–H groups in total. The lowest BCUT2D eigenvalue weighted by atomic mass is 10.2. The van der Waals surface area contributed by atoms with Crippen molar-refractivity contribution >= 4 is 17.6 Å². The van der Waals surface area contributed by atoms with E-state index in [9.17, 15) is 4.79 Å². The number of thiazole rings is 1. The van der Waals surface area contributed by atoms with Crippen LogP contribution in [0.15, 0.2) is 6.20 Å². The summed E-state index contributed by atoms with van der Waals surface area (Å²) in [6.07, 6.45) is 4.94. The van der Waals surface area contributed by atoms with Crippen molar-refractivity contribution in [1.29, 1.82) is 0 Å². The first-order chi connectivity index (χ1) is 6.31. The molecule has 1 unspecified atom stereocenters. The maximum absolute atomic E-state index is 10.5. The largest absolute Gasteiger partial charge is 0.297 e. The van der Waals surface area contributed by atoms with Gasteiger partial charge in [-0.15, -0.1) is 11.3 Å². The second kappa shape index (κ2) is 3.55. The molecule has 0 saturated carbocycles. The van der Waals surface area contributed by atoms with Crippen molar-refractivity contribution in [2.45, 2.75) is 18.9 Å². The van der Waals surface area contributed by atoms with Crippen LogP contribution in [-0.4, -0.2) is 29.8 Å². The van der Waals surface area contributed by atoms with Gasteiger partial charge in [0.1, 0.15) is 5.01 Å². The van der Waals surface area contributed by atoms with Crippen molar-refractivity contribution in [1.82, 2.24) is 9.88 Å². The van der Waals surface area contributed by atoms with Gasteiger partial charge in [-0.3, -0.25) is 9.69 Å². The lowest BCUT2D eigenvalue weighted by Crippen LogP contribution is -2.17. The average Bonchev–Trinajstić information content (AvgIpc) is 2.71. The minimum absolute atomic E-state index is 0.443. The van der Waals surface area contributed by atoms with Gasteiger partial charge in [0.15, 0.2) is 6.29 Å². The smallest absolute Gasteiger partial charge is 0.161 e. The standard InChI is InChI=1S/C9H12N2OS/c1-11-4-2-3-8(11)9-10-5-7(6-12)13-9/h5-6,8H,2-4H2,1H3.